The topological polar surface area (TPSA) is 13.1 Å². The zero-order chi connectivity index (χ0) is 33.6. The quantitative estimate of drug-likeness (QED) is 0.199. The summed E-state index contributed by atoms with van der Waals surface area (Å²) in [6.07, 6.45) is 0. The van der Waals surface area contributed by atoms with Gasteiger partial charge < -0.3 is 4.42 Å². The number of fused-ring (bicyclic) bond motifs is 7. The van der Waals surface area contributed by atoms with Crippen LogP contribution in [-0.2, 0) is 0 Å². The van der Waals surface area contributed by atoms with Crippen LogP contribution in [0.15, 0.2) is 162 Å². The van der Waals surface area contributed by atoms with E-state index in [4.69, 9.17) is 12.6 Å². The molecule has 1 aromatic heterocycles. The molecule has 1 nitrogen and oxygen atoms in total. The van der Waals surface area contributed by atoms with Crippen molar-refractivity contribution < 1.29 is 12.6 Å². The first-order valence-corrected chi connectivity index (χ1v) is 14.3. The Bertz CT molecular complexity index is 2780. The molecular formula is C42H26O. The van der Waals surface area contributed by atoms with Gasteiger partial charge in [0.15, 0.2) is 0 Å². The van der Waals surface area contributed by atoms with Crippen LogP contribution >= 0.6 is 0 Å². The number of hydrogen-bond acceptors (Lipinski definition) is 1. The Hall–Kier alpha value is -5.66. The maximum atomic E-state index is 9.00. The van der Waals surface area contributed by atoms with Gasteiger partial charge in [-0.05, 0) is 84.6 Å². The van der Waals surface area contributed by atoms with Gasteiger partial charge in [-0.1, -0.05) is 133 Å². The van der Waals surface area contributed by atoms with E-state index in [1.54, 1.807) is 0 Å². The molecule has 0 bridgehead atoms. The molecule has 0 unspecified atom stereocenters. The molecule has 0 amide bonds. The molecule has 9 aromatic rings. The predicted molar refractivity (Wildman–Crippen MR) is 183 cm³/mol. The minimum atomic E-state index is -0.433. The minimum Gasteiger partial charge on any atom is -0.455 e. The molecule has 1 heteroatoms. The summed E-state index contributed by atoms with van der Waals surface area (Å²) in [5, 5.41) is 5.45. The first-order chi connectivity index (χ1) is 23.8. The summed E-state index contributed by atoms with van der Waals surface area (Å²) in [4.78, 5) is 0. The molecule has 1 heterocycles. The van der Waals surface area contributed by atoms with Crippen molar-refractivity contribution in [1.82, 2.24) is 0 Å². The standard InChI is InChI=1S/C42H26O/c1-2-11-27(12-3-1)29-14-10-15-30(25-29)40-33-17-6-8-19-35(33)41(36-20-9-7-18-34(36)40)31-22-24-39-38(26-31)37-23-21-28-13-4-5-16-32(28)42(37)43-39/h1-26H/i4D,5D,13D,16D,21D,23D. The van der Waals surface area contributed by atoms with Crippen LogP contribution in [-0.4, -0.2) is 0 Å². The van der Waals surface area contributed by atoms with E-state index in [0.29, 0.717) is 16.4 Å². The van der Waals surface area contributed by atoms with Crippen LogP contribution in [0.5, 0.6) is 0 Å². The molecule has 200 valence electrons. The zero-order valence-corrected chi connectivity index (χ0v) is 23.0. The maximum Gasteiger partial charge on any atom is 0.143 e. The maximum absolute atomic E-state index is 9.00. The Morgan fingerprint density at radius 2 is 1.00 bits per heavy atom. The van der Waals surface area contributed by atoms with Crippen LogP contribution in [0.2, 0.25) is 0 Å². The Kier molecular flexibility index (Phi) is 4.11. The summed E-state index contributed by atoms with van der Waals surface area (Å²) in [7, 11) is 0. The normalized spacial score (nSPS) is 13.7. The molecule has 0 aliphatic heterocycles. The molecule has 0 radical (unpaired) electrons. The van der Waals surface area contributed by atoms with Gasteiger partial charge in [0.25, 0.3) is 0 Å². The highest BCUT2D eigenvalue weighted by molar-refractivity contribution is 6.23. The average molecular weight is 553 g/mol. The van der Waals surface area contributed by atoms with E-state index in [1.807, 2.05) is 36.4 Å². The molecule has 43 heavy (non-hydrogen) atoms. The third-order valence-corrected chi connectivity index (χ3v) is 8.39. The number of rotatable bonds is 3. The lowest BCUT2D eigenvalue weighted by Gasteiger charge is -2.18. The summed E-state index contributed by atoms with van der Waals surface area (Å²) in [6, 6.07) is 39.9. The van der Waals surface area contributed by atoms with Crippen molar-refractivity contribution in [2.24, 2.45) is 0 Å². The van der Waals surface area contributed by atoms with E-state index < -0.39 is 12.1 Å². The van der Waals surface area contributed by atoms with E-state index in [0.717, 1.165) is 54.9 Å². The average Bonchev–Trinajstić information content (AvgIpc) is 3.52. The van der Waals surface area contributed by atoms with Gasteiger partial charge in [0.1, 0.15) is 11.2 Å². The van der Waals surface area contributed by atoms with Crippen molar-refractivity contribution in [2.75, 3.05) is 0 Å². The Balaban J connectivity index is 1.35. The van der Waals surface area contributed by atoms with Crippen LogP contribution < -0.4 is 0 Å². The van der Waals surface area contributed by atoms with E-state index in [1.165, 1.54) is 0 Å². The Labute approximate surface area is 257 Å². The van der Waals surface area contributed by atoms with Crippen molar-refractivity contribution in [3.8, 4) is 33.4 Å². The fraction of sp³-hybridized carbons (Fsp3) is 0. The Morgan fingerprint density at radius 3 is 1.72 bits per heavy atom. The minimum absolute atomic E-state index is 0.00769. The highest BCUT2D eigenvalue weighted by atomic mass is 16.3. The summed E-state index contributed by atoms with van der Waals surface area (Å²) >= 11 is 0. The van der Waals surface area contributed by atoms with Crippen LogP contribution in [0.1, 0.15) is 8.22 Å². The van der Waals surface area contributed by atoms with Gasteiger partial charge in [0.05, 0.1) is 8.22 Å². The van der Waals surface area contributed by atoms with Gasteiger partial charge in [-0.2, -0.15) is 0 Å². The molecule has 0 aliphatic rings. The van der Waals surface area contributed by atoms with Gasteiger partial charge >= 0.3 is 0 Å². The Morgan fingerprint density at radius 1 is 0.395 bits per heavy atom. The third-order valence-electron chi connectivity index (χ3n) is 8.39. The first-order valence-electron chi connectivity index (χ1n) is 17.3. The molecule has 0 saturated carbocycles. The smallest absolute Gasteiger partial charge is 0.143 e. The SMILES string of the molecule is [2H]c1c([2H])c([2H])c2c(c1[2H])c([2H])c([2H])c1c3cc(-c4c5ccccc5c(-c5cccc(-c6ccccc6)c5)c5ccccc45)ccc3oc21. The number of furan rings is 1. The molecule has 9 rings (SSSR count). The number of benzene rings is 8. The van der Waals surface area contributed by atoms with E-state index >= 15 is 0 Å². The van der Waals surface area contributed by atoms with E-state index in [9.17, 15) is 0 Å². The van der Waals surface area contributed by atoms with Crippen molar-refractivity contribution in [1.29, 1.82) is 0 Å². The lowest BCUT2D eigenvalue weighted by atomic mass is 9.85. The van der Waals surface area contributed by atoms with Crippen molar-refractivity contribution in [3.05, 3.63) is 158 Å². The lowest BCUT2D eigenvalue weighted by Crippen LogP contribution is -1.91. The molecule has 8 aromatic carbocycles. The largest absolute Gasteiger partial charge is 0.455 e. The molecule has 0 N–H and O–H groups in total. The summed E-state index contributed by atoms with van der Waals surface area (Å²) in [6.45, 7) is 0. The molecule has 0 aliphatic carbocycles. The number of hydrogen-bond donors (Lipinski definition) is 0. The molecule has 0 saturated heterocycles. The van der Waals surface area contributed by atoms with Crippen LogP contribution in [0.4, 0.5) is 0 Å². The second kappa shape index (κ2) is 9.44. The monoisotopic (exact) mass is 552 g/mol. The van der Waals surface area contributed by atoms with Crippen LogP contribution in [0.3, 0.4) is 0 Å². The van der Waals surface area contributed by atoms with Gasteiger partial charge in [0, 0.05) is 16.2 Å². The summed E-state index contributed by atoms with van der Waals surface area (Å²) in [5.41, 5.74) is 7.19. The fourth-order valence-corrected chi connectivity index (χ4v) is 6.49. The lowest BCUT2D eigenvalue weighted by molar-refractivity contribution is 0.672. The van der Waals surface area contributed by atoms with Crippen molar-refractivity contribution in [2.45, 2.75) is 0 Å². The van der Waals surface area contributed by atoms with E-state index in [2.05, 4.69) is 84.9 Å². The van der Waals surface area contributed by atoms with Gasteiger partial charge in [-0.3, -0.25) is 0 Å². The second-order valence-corrected chi connectivity index (χ2v) is 10.8. The van der Waals surface area contributed by atoms with E-state index in [-0.39, 0.29) is 40.5 Å². The van der Waals surface area contributed by atoms with Crippen LogP contribution in [0.25, 0.3) is 87.6 Å². The highest BCUT2D eigenvalue weighted by Crippen LogP contribution is 2.45. The second-order valence-electron chi connectivity index (χ2n) is 10.8. The summed E-state index contributed by atoms with van der Waals surface area (Å²) in [5.74, 6) is 0. The van der Waals surface area contributed by atoms with Crippen molar-refractivity contribution >= 4 is 54.3 Å². The van der Waals surface area contributed by atoms with Crippen molar-refractivity contribution in [3.63, 3.8) is 0 Å². The molecule has 0 fully saturated rings. The predicted octanol–water partition coefficient (Wildman–Crippen LogP) is 12.0. The molecule has 0 spiro atoms. The third kappa shape index (κ3) is 3.72. The van der Waals surface area contributed by atoms with Gasteiger partial charge in [-0.25, -0.2) is 0 Å². The first kappa shape index (κ1) is 18.7. The van der Waals surface area contributed by atoms with Gasteiger partial charge in [0.2, 0.25) is 0 Å². The molecule has 0 atom stereocenters. The van der Waals surface area contributed by atoms with Crippen LogP contribution in [0, 0.1) is 0 Å². The fourth-order valence-electron chi connectivity index (χ4n) is 6.49. The molecular weight excluding hydrogens is 520 g/mol. The summed E-state index contributed by atoms with van der Waals surface area (Å²) < 4.78 is 57.7. The zero-order valence-electron chi connectivity index (χ0n) is 29.0. The highest BCUT2D eigenvalue weighted by Gasteiger charge is 2.18. The van der Waals surface area contributed by atoms with Gasteiger partial charge in [-0.15, -0.1) is 0 Å².